The average Bonchev–Trinajstić information content (AvgIpc) is 2.58. The third-order valence-electron chi connectivity index (χ3n) is 3.82. The maximum atomic E-state index is 12.3. The predicted molar refractivity (Wildman–Crippen MR) is 90.9 cm³/mol. The lowest BCUT2D eigenvalue weighted by molar-refractivity contribution is 0.286. The molecule has 0 aliphatic rings. The van der Waals surface area contributed by atoms with E-state index in [9.17, 15) is 4.79 Å². The van der Waals surface area contributed by atoms with E-state index in [2.05, 4.69) is 0 Å². The van der Waals surface area contributed by atoms with Crippen molar-refractivity contribution in [2.24, 2.45) is 7.05 Å². The van der Waals surface area contributed by atoms with Crippen LogP contribution in [0.2, 0.25) is 0 Å². The number of methoxy groups -OCH3 is 1. The first-order valence-corrected chi connectivity index (χ1v) is 7.24. The highest BCUT2D eigenvalue weighted by molar-refractivity contribution is 5.91. The van der Waals surface area contributed by atoms with E-state index in [0.29, 0.717) is 34.7 Å². The van der Waals surface area contributed by atoms with Crippen molar-refractivity contribution in [3.63, 3.8) is 0 Å². The topological polar surface area (TPSA) is 66.5 Å². The summed E-state index contributed by atoms with van der Waals surface area (Å²) in [6, 6.07) is 15.1. The summed E-state index contributed by atoms with van der Waals surface area (Å²) in [5.41, 5.74) is 6.79. The number of hydrogen-bond donors (Lipinski definition) is 1. The third-order valence-corrected chi connectivity index (χ3v) is 3.82. The number of ether oxygens (including phenoxy) is 2. The molecule has 3 rings (SSSR count). The Morgan fingerprint density at radius 3 is 2.52 bits per heavy atom. The maximum Gasteiger partial charge on any atom is 0.259 e. The Morgan fingerprint density at radius 1 is 1.09 bits per heavy atom. The Kier molecular flexibility index (Phi) is 3.93. The van der Waals surface area contributed by atoms with Crippen LogP contribution in [0.15, 0.2) is 53.3 Å². The summed E-state index contributed by atoms with van der Waals surface area (Å²) in [7, 11) is 3.20. The van der Waals surface area contributed by atoms with E-state index in [4.69, 9.17) is 15.2 Å². The van der Waals surface area contributed by atoms with Gasteiger partial charge in [0.25, 0.3) is 5.56 Å². The van der Waals surface area contributed by atoms with Crippen molar-refractivity contribution in [2.45, 2.75) is 6.61 Å². The van der Waals surface area contributed by atoms with Crippen LogP contribution in [-0.4, -0.2) is 11.7 Å². The average molecular weight is 310 g/mol. The number of pyridine rings is 1. The molecule has 0 spiro atoms. The molecule has 0 aliphatic carbocycles. The van der Waals surface area contributed by atoms with Crippen molar-refractivity contribution in [3.05, 3.63) is 64.4 Å². The number of benzene rings is 2. The molecule has 1 heterocycles. The molecule has 0 radical (unpaired) electrons. The van der Waals surface area contributed by atoms with Crippen LogP contribution in [0.4, 0.5) is 5.82 Å². The standard InChI is InChI=1S/C18H18N2O3/c1-20-16(19)10-14-13(18(20)21)8-9-15(17(14)22-2)23-11-12-6-4-3-5-7-12/h3-10H,11,19H2,1-2H3. The SMILES string of the molecule is COc1c(OCc2ccccc2)ccc2c(=O)n(C)c(N)cc12. The minimum atomic E-state index is -0.159. The van der Waals surface area contributed by atoms with E-state index < -0.39 is 0 Å². The van der Waals surface area contributed by atoms with Gasteiger partial charge in [0.15, 0.2) is 11.5 Å². The predicted octanol–water partition coefficient (Wildman–Crippen LogP) is 2.71. The molecular formula is C18H18N2O3. The molecule has 118 valence electrons. The van der Waals surface area contributed by atoms with Crippen molar-refractivity contribution in [3.8, 4) is 11.5 Å². The molecule has 0 amide bonds. The molecule has 0 unspecified atom stereocenters. The van der Waals surface area contributed by atoms with Crippen molar-refractivity contribution in [1.82, 2.24) is 4.57 Å². The fourth-order valence-electron chi connectivity index (χ4n) is 2.51. The lowest BCUT2D eigenvalue weighted by Crippen LogP contribution is -2.19. The Labute approximate surface area is 133 Å². The quantitative estimate of drug-likeness (QED) is 0.804. The fourth-order valence-corrected chi connectivity index (χ4v) is 2.51. The Bertz CT molecular complexity index is 902. The van der Waals surface area contributed by atoms with Gasteiger partial charge in [-0.3, -0.25) is 9.36 Å². The van der Waals surface area contributed by atoms with Crippen LogP contribution in [0.5, 0.6) is 11.5 Å². The van der Waals surface area contributed by atoms with Crippen LogP contribution >= 0.6 is 0 Å². The highest BCUT2D eigenvalue weighted by Gasteiger charge is 2.14. The van der Waals surface area contributed by atoms with Gasteiger partial charge in [0.05, 0.1) is 12.5 Å². The lowest BCUT2D eigenvalue weighted by Gasteiger charge is -2.14. The fraction of sp³-hybridized carbons (Fsp3) is 0.167. The van der Waals surface area contributed by atoms with Gasteiger partial charge >= 0.3 is 0 Å². The number of hydrogen-bond acceptors (Lipinski definition) is 4. The molecule has 2 N–H and O–H groups in total. The second-order valence-electron chi connectivity index (χ2n) is 5.27. The molecule has 0 saturated carbocycles. The molecule has 0 saturated heterocycles. The minimum Gasteiger partial charge on any atom is -0.492 e. The first kappa shape index (κ1) is 15.0. The van der Waals surface area contributed by atoms with Crippen molar-refractivity contribution in [1.29, 1.82) is 0 Å². The Balaban J connectivity index is 2.05. The zero-order chi connectivity index (χ0) is 16.4. The van der Waals surface area contributed by atoms with Gasteiger partial charge in [0.1, 0.15) is 12.4 Å². The number of nitrogens with zero attached hydrogens (tertiary/aromatic N) is 1. The van der Waals surface area contributed by atoms with Gasteiger partial charge in [-0.15, -0.1) is 0 Å². The summed E-state index contributed by atoms with van der Waals surface area (Å²) in [5.74, 6) is 1.47. The summed E-state index contributed by atoms with van der Waals surface area (Å²) in [6.07, 6.45) is 0. The first-order chi connectivity index (χ1) is 11.1. The normalized spacial score (nSPS) is 10.7. The van der Waals surface area contributed by atoms with E-state index >= 15 is 0 Å². The van der Waals surface area contributed by atoms with Crippen LogP contribution in [0.1, 0.15) is 5.56 Å². The Morgan fingerprint density at radius 2 is 1.83 bits per heavy atom. The van der Waals surface area contributed by atoms with Crippen LogP contribution in [0, 0.1) is 0 Å². The van der Waals surface area contributed by atoms with Gasteiger partial charge in [-0.25, -0.2) is 0 Å². The molecule has 2 aromatic carbocycles. The summed E-state index contributed by atoms with van der Waals surface area (Å²) < 4.78 is 12.7. The molecule has 1 aromatic heterocycles. The van der Waals surface area contributed by atoms with Crippen LogP contribution in [-0.2, 0) is 13.7 Å². The van der Waals surface area contributed by atoms with E-state index in [0.717, 1.165) is 5.56 Å². The molecule has 0 fully saturated rings. The molecule has 0 aliphatic heterocycles. The molecule has 0 atom stereocenters. The number of nitrogens with two attached hydrogens (primary N) is 1. The van der Waals surface area contributed by atoms with E-state index in [1.54, 1.807) is 32.4 Å². The summed E-state index contributed by atoms with van der Waals surface area (Å²) in [5, 5.41) is 1.20. The van der Waals surface area contributed by atoms with Crippen LogP contribution in [0.25, 0.3) is 10.8 Å². The van der Waals surface area contributed by atoms with Crippen LogP contribution in [0.3, 0.4) is 0 Å². The molecule has 0 bridgehead atoms. The zero-order valence-electron chi connectivity index (χ0n) is 13.1. The van der Waals surface area contributed by atoms with E-state index in [-0.39, 0.29) is 5.56 Å². The van der Waals surface area contributed by atoms with Crippen molar-refractivity contribution < 1.29 is 9.47 Å². The van der Waals surface area contributed by atoms with Gasteiger partial charge in [-0.05, 0) is 23.8 Å². The Hall–Kier alpha value is -2.95. The number of anilines is 1. The molecule has 3 aromatic rings. The van der Waals surface area contributed by atoms with Crippen molar-refractivity contribution >= 4 is 16.6 Å². The second kappa shape index (κ2) is 6.04. The second-order valence-corrected chi connectivity index (χ2v) is 5.27. The lowest BCUT2D eigenvalue weighted by atomic mass is 10.1. The highest BCUT2D eigenvalue weighted by Crippen LogP contribution is 2.35. The van der Waals surface area contributed by atoms with Crippen molar-refractivity contribution in [2.75, 3.05) is 12.8 Å². The first-order valence-electron chi connectivity index (χ1n) is 7.24. The van der Waals surface area contributed by atoms with Gasteiger partial charge in [0, 0.05) is 12.4 Å². The summed E-state index contributed by atoms with van der Waals surface area (Å²) in [4.78, 5) is 12.3. The van der Waals surface area contributed by atoms with Gasteiger partial charge in [-0.2, -0.15) is 0 Å². The van der Waals surface area contributed by atoms with Gasteiger partial charge in [-0.1, -0.05) is 30.3 Å². The van der Waals surface area contributed by atoms with Gasteiger partial charge in [0.2, 0.25) is 0 Å². The molecule has 5 nitrogen and oxygen atoms in total. The number of rotatable bonds is 4. The zero-order valence-corrected chi connectivity index (χ0v) is 13.1. The van der Waals surface area contributed by atoms with Crippen LogP contribution < -0.4 is 20.8 Å². The number of fused-ring (bicyclic) bond motifs is 1. The summed E-state index contributed by atoms with van der Waals surface area (Å²) in [6.45, 7) is 0.420. The monoisotopic (exact) mass is 310 g/mol. The van der Waals surface area contributed by atoms with E-state index in [1.807, 2.05) is 30.3 Å². The van der Waals surface area contributed by atoms with Gasteiger partial charge < -0.3 is 15.2 Å². The molecule has 23 heavy (non-hydrogen) atoms. The largest absolute Gasteiger partial charge is 0.492 e. The third kappa shape index (κ3) is 2.73. The van der Waals surface area contributed by atoms with E-state index in [1.165, 1.54) is 4.57 Å². The highest BCUT2D eigenvalue weighted by atomic mass is 16.5. The summed E-state index contributed by atoms with van der Waals surface area (Å²) >= 11 is 0. The molecule has 5 heteroatoms. The number of aromatic nitrogens is 1. The number of nitrogen functional groups attached to an aromatic ring is 1. The smallest absolute Gasteiger partial charge is 0.259 e. The minimum absolute atomic E-state index is 0.159. The molecular weight excluding hydrogens is 292 g/mol. The maximum absolute atomic E-state index is 12.3.